The third-order valence-corrected chi connectivity index (χ3v) is 3.75. The Hall–Kier alpha value is -1.62. The van der Waals surface area contributed by atoms with Gasteiger partial charge in [-0.05, 0) is 42.4 Å². The minimum absolute atomic E-state index is 0.00796. The van der Waals surface area contributed by atoms with Gasteiger partial charge in [0, 0.05) is 5.56 Å². The van der Waals surface area contributed by atoms with E-state index >= 15 is 0 Å². The number of hydrogen-bond donors (Lipinski definition) is 0. The van der Waals surface area contributed by atoms with E-state index in [-0.39, 0.29) is 11.2 Å². The lowest BCUT2D eigenvalue weighted by Gasteiger charge is -2.21. The van der Waals surface area contributed by atoms with Gasteiger partial charge >= 0.3 is 0 Å². The van der Waals surface area contributed by atoms with E-state index in [1.54, 1.807) is 0 Å². The summed E-state index contributed by atoms with van der Waals surface area (Å²) in [6.45, 7) is 8.32. The summed E-state index contributed by atoms with van der Waals surface area (Å²) in [4.78, 5) is 12.4. The minimum Gasteiger partial charge on any atom is -0.292 e. The van der Waals surface area contributed by atoms with E-state index in [0.717, 1.165) is 16.7 Å². The molecule has 0 amide bonds. The molecule has 0 heterocycles. The SMILES string of the molecule is Cc1ccc(C(C)(C)C)cc1C(=O)C1(C#N)CC1. The lowest BCUT2D eigenvalue weighted by molar-refractivity contribution is 0.0934. The van der Waals surface area contributed by atoms with Gasteiger partial charge < -0.3 is 0 Å². The molecule has 2 rings (SSSR count). The van der Waals surface area contributed by atoms with Crippen molar-refractivity contribution in [3.8, 4) is 6.07 Å². The zero-order valence-corrected chi connectivity index (χ0v) is 11.5. The highest BCUT2D eigenvalue weighted by molar-refractivity contribution is 6.05. The number of rotatable bonds is 2. The predicted molar refractivity (Wildman–Crippen MR) is 71.5 cm³/mol. The summed E-state index contributed by atoms with van der Waals surface area (Å²) >= 11 is 0. The standard InChI is InChI=1S/C16H19NO/c1-11-5-6-12(15(2,3)4)9-13(11)14(18)16(10-17)7-8-16/h5-6,9H,7-8H2,1-4H3. The summed E-state index contributed by atoms with van der Waals surface area (Å²) in [6, 6.07) is 8.21. The van der Waals surface area contributed by atoms with E-state index < -0.39 is 5.41 Å². The highest BCUT2D eigenvalue weighted by atomic mass is 16.1. The van der Waals surface area contributed by atoms with Gasteiger partial charge in [0.05, 0.1) is 6.07 Å². The zero-order chi connectivity index (χ0) is 13.6. The van der Waals surface area contributed by atoms with Gasteiger partial charge in [-0.3, -0.25) is 4.79 Å². The highest BCUT2D eigenvalue weighted by Gasteiger charge is 2.51. The Morgan fingerprint density at radius 2 is 1.94 bits per heavy atom. The van der Waals surface area contributed by atoms with E-state index in [9.17, 15) is 4.79 Å². The molecule has 0 spiro atoms. The molecule has 94 valence electrons. The second-order valence-electron chi connectivity index (χ2n) is 6.30. The van der Waals surface area contributed by atoms with Crippen LogP contribution in [0, 0.1) is 23.7 Å². The monoisotopic (exact) mass is 241 g/mol. The third kappa shape index (κ3) is 2.06. The van der Waals surface area contributed by atoms with Gasteiger partial charge in [0.1, 0.15) is 5.41 Å². The highest BCUT2D eigenvalue weighted by Crippen LogP contribution is 2.48. The van der Waals surface area contributed by atoms with Crippen molar-refractivity contribution < 1.29 is 4.79 Å². The van der Waals surface area contributed by atoms with Crippen molar-refractivity contribution in [1.82, 2.24) is 0 Å². The van der Waals surface area contributed by atoms with Crippen molar-refractivity contribution in [1.29, 1.82) is 5.26 Å². The molecule has 1 saturated carbocycles. The Morgan fingerprint density at radius 3 is 2.39 bits per heavy atom. The summed E-state index contributed by atoms with van der Waals surface area (Å²) in [5.74, 6) is 0.00796. The van der Waals surface area contributed by atoms with Gasteiger partial charge in [-0.15, -0.1) is 0 Å². The average molecular weight is 241 g/mol. The Labute approximate surface area is 109 Å². The molecule has 0 atom stereocenters. The first-order valence-electron chi connectivity index (χ1n) is 6.37. The first-order valence-corrected chi connectivity index (χ1v) is 6.37. The van der Waals surface area contributed by atoms with Crippen LogP contribution in [0.5, 0.6) is 0 Å². The fourth-order valence-electron chi connectivity index (χ4n) is 2.11. The van der Waals surface area contributed by atoms with Crippen LogP contribution in [0.2, 0.25) is 0 Å². The lowest BCUT2D eigenvalue weighted by atomic mass is 9.83. The van der Waals surface area contributed by atoms with Crippen LogP contribution in [0.1, 0.15) is 55.1 Å². The van der Waals surface area contributed by atoms with E-state index in [4.69, 9.17) is 5.26 Å². The maximum atomic E-state index is 12.4. The van der Waals surface area contributed by atoms with Crippen LogP contribution < -0.4 is 0 Å². The van der Waals surface area contributed by atoms with Crippen LogP contribution in [0.4, 0.5) is 0 Å². The van der Waals surface area contributed by atoms with Gasteiger partial charge in [0.2, 0.25) is 0 Å². The number of carbonyl (C=O) groups is 1. The maximum Gasteiger partial charge on any atom is 0.183 e. The van der Waals surface area contributed by atoms with Crippen LogP contribution in [0.15, 0.2) is 18.2 Å². The molecule has 18 heavy (non-hydrogen) atoms. The largest absolute Gasteiger partial charge is 0.292 e. The van der Waals surface area contributed by atoms with Crippen molar-refractivity contribution in [2.24, 2.45) is 5.41 Å². The molecule has 0 unspecified atom stereocenters. The summed E-state index contributed by atoms with van der Waals surface area (Å²) in [7, 11) is 0. The number of aryl methyl sites for hydroxylation is 1. The van der Waals surface area contributed by atoms with Gasteiger partial charge in [-0.1, -0.05) is 32.9 Å². The summed E-state index contributed by atoms with van der Waals surface area (Å²) < 4.78 is 0. The molecule has 0 bridgehead atoms. The van der Waals surface area contributed by atoms with E-state index in [1.165, 1.54) is 0 Å². The van der Waals surface area contributed by atoms with Crippen molar-refractivity contribution in [3.63, 3.8) is 0 Å². The quantitative estimate of drug-likeness (QED) is 0.739. The first-order chi connectivity index (χ1) is 8.30. The number of hydrogen-bond acceptors (Lipinski definition) is 2. The molecule has 1 aromatic carbocycles. The Morgan fingerprint density at radius 1 is 1.33 bits per heavy atom. The molecule has 1 aliphatic carbocycles. The molecular weight excluding hydrogens is 222 g/mol. The number of nitriles is 1. The van der Waals surface area contributed by atoms with Gasteiger partial charge in [-0.25, -0.2) is 0 Å². The molecule has 1 aliphatic rings. The number of nitrogens with zero attached hydrogens (tertiary/aromatic N) is 1. The van der Waals surface area contributed by atoms with Crippen LogP contribution in [-0.4, -0.2) is 5.78 Å². The topological polar surface area (TPSA) is 40.9 Å². The van der Waals surface area contributed by atoms with Gasteiger partial charge in [-0.2, -0.15) is 5.26 Å². The molecule has 1 aromatic rings. The lowest BCUT2D eigenvalue weighted by Crippen LogP contribution is -2.18. The van der Waals surface area contributed by atoms with Crippen LogP contribution >= 0.6 is 0 Å². The number of benzene rings is 1. The van der Waals surface area contributed by atoms with Crippen LogP contribution in [0.25, 0.3) is 0 Å². The second-order valence-corrected chi connectivity index (χ2v) is 6.30. The normalized spacial score (nSPS) is 17.1. The molecule has 2 nitrogen and oxygen atoms in total. The molecule has 0 N–H and O–H groups in total. The van der Waals surface area contributed by atoms with E-state index in [1.807, 2.05) is 19.1 Å². The molecule has 0 saturated heterocycles. The number of Topliss-reactive ketones (excluding diaryl/α,β-unsaturated/α-hetero) is 1. The third-order valence-electron chi connectivity index (χ3n) is 3.75. The molecular formula is C16H19NO. The number of ketones is 1. The zero-order valence-electron chi connectivity index (χ0n) is 11.5. The Bertz CT molecular complexity index is 539. The average Bonchev–Trinajstić information content (AvgIpc) is 3.08. The van der Waals surface area contributed by atoms with Crippen molar-refractivity contribution in [3.05, 3.63) is 34.9 Å². The van der Waals surface area contributed by atoms with Crippen molar-refractivity contribution >= 4 is 5.78 Å². The van der Waals surface area contributed by atoms with Crippen molar-refractivity contribution in [2.75, 3.05) is 0 Å². The van der Waals surface area contributed by atoms with Gasteiger partial charge in [0.15, 0.2) is 5.78 Å². The molecule has 0 aliphatic heterocycles. The molecule has 0 radical (unpaired) electrons. The predicted octanol–water partition coefficient (Wildman–Crippen LogP) is 3.78. The fraction of sp³-hybridized carbons (Fsp3) is 0.500. The Kier molecular flexibility index (Phi) is 2.81. The van der Waals surface area contributed by atoms with Gasteiger partial charge in [0.25, 0.3) is 0 Å². The maximum absolute atomic E-state index is 12.4. The summed E-state index contributed by atoms with van der Waals surface area (Å²) in [5, 5.41) is 9.14. The smallest absolute Gasteiger partial charge is 0.183 e. The Balaban J connectivity index is 2.46. The van der Waals surface area contributed by atoms with Crippen LogP contribution in [-0.2, 0) is 5.41 Å². The number of carbonyl (C=O) groups excluding carboxylic acids is 1. The molecule has 2 heteroatoms. The molecule has 0 aromatic heterocycles. The molecule has 1 fully saturated rings. The minimum atomic E-state index is -0.721. The van der Waals surface area contributed by atoms with E-state index in [2.05, 4.69) is 32.9 Å². The van der Waals surface area contributed by atoms with E-state index in [0.29, 0.717) is 12.8 Å². The van der Waals surface area contributed by atoms with Crippen molar-refractivity contribution in [2.45, 2.75) is 46.0 Å². The van der Waals surface area contributed by atoms with Crippen LogP contribution in [0.3, 0.4) is 0 Å². The first kappa shape index (κ1) is 12.8. The fourth-order valence-corrected chi connectivity index (χ4v) is 2.11. The summed E-state index contributed by atoms with van der Waals surface area (Å²) in [6.07, 6.45) is 1.42. The second kappa shape index (κ2) is 3.95. The summed E-state index contributed by atoms with van der Waals surface area (Å²) in [5.41, 5.74) is 2.13.